The van der Waals surface area contributed by atoms with E-state index in [2.05, 4.69) is 5.32 Å². The number of rotatable bonds is 7. The Morgan fingerprint density at radius 1 is 1.17 bits per heavy atom. The van der Waals surface area contributed by atoms with E-state index in [0.717, 1.165) is 5.56 Å². The molecule has 0 atom stereocenters. The second kappa shape index (κ2) is 9.30. The van der Waals surface area contributed by atoms with Gasteiger partial charge in [-0.3, -0.25) is 9.59 Å². The Morgan fingerprint density at radius 3 is 2.66 bits per heavy atom. The van der Waals surface area contributed by atoms with Crippen molar-refractivity contribution in [1.29, 1.82) is 0 Å². The van der Waals surface area contributed by atoms with E-state index in [-0.39, 0.29) is 11.7 Å². The number of nitrogens with zero attached hydrogens (tertiary/aromatic N) is 1. The Labute approximate surface area is 173 Å². The molecule has 3 rings (SSSR count). The number of aromatic nitrogens is 1. The molecule has 0 fully saturated rings. The predicted molar refractivity (Wildman–Crippen MR) is 112 cm³/mol. The number of nitrogens with one attached hydrogen (secondary N) is 1. The summed E-state index contributed by atoms with van der Waals surface area (Å²) >= 11 is 5.96. The first-order valence-electron chi connectivity index (χ1n) is 9.08. The van der Waals surface area contributed by atoms with Gasteiger partial charge >= 0.3 is 0 Å². The summed E-state index contributed by atoms with van der Waals surface area (Å²) in [5.74, 6) is 0.169. The molecular formula is C22H21ClN2O4. The first-order valence-corrected chi connectivity index (χ1v) is 9.46. The number of carbonyl (C=O) groups excluding carboxylic acids is 1. The summed E-state index contributed by atoms with van der Waals surface area (Å²) in [5, 5.41) is 13.2. The van der Waals surface area contributed by atoms with E-state index in [1.807, 2.05) is 18.2 Å². The minimum Gasteiger partial charge on any atom is -0.503 e. The molecule has 2 N–H and O–H groups in total. The Bertz CT molecular complexity index is 1060. The molecule has 0 saturated carbocycles. The van der Waals surface area contributed by atoms with Crippen LogP contribution in [0.3, 0.4) is 0 Å². The summed E-state index contributed by atoms with van der Waals surface area (Å²) in [7, 11) is 0. The smallest absolute Gasteiger partial charge is 0.251 e. The van der Waals surface area contributed by atoms with Crippen LogP contribution >= 0.6 is 11.6 Å². The zero-order valence-electron chi connectivity index (χ0n) is 15.9. The number of aromatic hydroxyl groups is 1. The van der Waals surface area contributed by atoms with Crippen LogP contribution in [0.4, 0.5) is 0 Å². The normalized spacial score (nSPS) is 10.6. The van der Waals surface area contributed by atoms with E-state index in [1.165, 1.54) is 6.07 Å². The van der Waals surface area contributed by atoms with Crippen molar-refractivity contribution in [1.82, 2.24) is 9.88 Å². The third-order valence-corrected chi connectivity index (χ3v) is 4.70. The molecule has 3 aromatic rings. The van der Waals surface area contributed by atoms with Crippen LogP contribution in [-0.4, -0.2) is 22.1 Å². The fraction of sp³-hybridized carbons (Fsp3) is 0.182. The number of carbonyl (C=O) groups is 1. The van der Waals surface area contributed by atoms with Crippen LogP contribution in [0.2, 0.25) is 5.02 Å². The van der Waals surface area contributed by atoms with E-state index in [4.69, 9.17) is 16.3 Å². The van der Waals surface area contributed by atoms with Gasteiger partial charge in [0, 0.05) is 35.9 Å². The van der Waals surface area contributed by atoms with Crippen LogP contribution in [0.15, 0.2) is 65.6 Å². The summed E-state index contributed by atoms with van der Waals surface area (Å²) in [4.78, 5) is 23.7. The van der Waals surface area contributed by atoms with Crippen molar-refractivity contribution in [3.05, 3.63) is 92.9 Å². The number of halogens is 1. The second-order valence-corrected chi connectivity index (χ2v) is 6.94. The molecule has 0 spiro atoms. The van der Waals surface area contributed by atoms with Crippen LogP contribution in [0.5, 0.6) is 11.5 Å². The van der Waals surface area contributed by atoms with Crippen LogP contribution in [-0.2, 0) is 13.2 Å². The number of benzene rings is 2. The van der Waals surface area contributed by atoms with Gasteiger partial charge in [0.1, 0.15) is 12.4 Å². The number of pyridine rings is 1. The molecule has 1 aromatic heterocycles. The molecule has 2 aromatic carbocycles. The standard InChI is InChI=1S/C22H21ClN2O4/c1-15-21(27)20(26)9-11-25(15)12-10-24-22(28)17-5-7-19(8-6-17)29-14-16-3-2-4-18(23)13-16/h2-9,11,13,27H,10,12,14H2,1H3,(H,24,28). The third-order valence-electron chi connectivity index (χ3n) is 4.46. The molecule has 0 radical (unpaired) electrons. The van der Waals surface area contributed by atoms with Crippen LogP contribution in [0.25, 0.3) is 0 Å². The summed E-state index contributed by atoms with van der Waals surface area (Å²) in [6.07, 6.45) is 1.59. The first-order chi connectivity index (χ1) is 13.9. The van der Waals surface area contributed by atoms with Gasteiger partial charge in [-0.05, 0) is 48.9 Å². The molecule has 0 unspecified atom stereocenters. The van der Waals surface area contributed by atoms with E-state index in [0.29, 0.717) is 41.7 Å². The Balaban J connectivity index is 1.51. The highest BCUT2D eigenvalue weighted by molar-refractivity contribution is 6.30. The molecule has 6 nitrogen and oxygen atoms in total. The summed E-state index contributed by atoms with van der Waals surface area (Å²) in [5.41, 5.74) is 1.52. The Morgan fingerprint density at radius 2 is 1.93 bits per heavy atom. The third kappa shape index (κ3) is 5.39. The average molecular weight is 413 g/mol. The molecule has 150 valence electrons. The summed E-state index contributed by atoms with van der Waals surface area (Å²) < 4.78 is 7.42. The van der Waals surface area contributed by atoms with Crippen LogP contribution < -0.4 is 15.5 Å². The van der Waals surface area contributed by atoms with Gasteiger partial charge in [0.15, 0.2) is 5.75 Å². The topological polar surface area (TPSA) is 80.6 Å². The zero-order chi connectivity index (χ0) is 20.8. The number of hydrogen-bond donors (Lipinski definition) is 2. The molecule has 0 aliphatic rings. The quantitative estimate of drug-likeness (QED) is 0.622. The van der Waals surface area contributed by atoms with Crippen molar-refractivity contribution in [3.8, 4) is 11.5 Å². The lowest BCUT2D eigenvalue weighted by Crippen LogP contribution is -2.28. The molecule has 0 aliphatic carbocycles. The highest BCUT2D eigenvalue weighted by Gasteiger charge is 2.08. The molecule has 0 aliphatic heterocycles. The second-order valence-electron chi connectivity index (χ2n) is 6.51. The fourth-order valence-electron chi connectivity index (χ4n) is 2.79. The largest absolute Gasteiger partial charge is 0.503 e. The van der Waals surface area contributed by atoms with E-state index >= 15 is 0 Å². The predicted octanol–water partition coefficient (Wildman–Crippen LogP) is 3.52. The lowest BCUT2D eigenvalue weighted by Gasteiger charge is -2.12. The van der Waals surface area contributed by atoms with Crippen molar-refractivity contribution in [3.63, 3.8) is 0 Å². The monoisotopic (exact) mass is 412 g/mol. The summed E-state index contributed by atoms with van der Waals surface area (Å²) in [6.45, 7) is 2.83. The van der Waals surface area contributed by atoms with Crippen molar-refractivity contribution in [2.75, 3.05) is 6.54 Å². The molecule has 0 saturated heterocycles. The maximum absolute atomic E-state index is 12.3. The van der Waals surface area contributed by atoms with Crippen molar-refractivity contribution >= 4 is 17.5 Å². The van der Waals surface area contributed by atoms with Crippen molar-refractivity contribution in [2.24, 2.45) is 0 Å². The van der Waals surface area contributed by atoms with Crippen LogP contribution in [0.1, 0.15) is 21.6 Å². The molecule has 1 heterocycles. The van der Waals surface area contributed by atoms with Gasteiger partial charge in [0.25, 0.3) is 5.91 Å². The first kappa shape index (κ1) is 20.5. The average Bonchev–Trinajstić information content (AvgIpc) is 2.72. The summed E-state index contributed by atoms with van der Waals surface area (Å²) in [6, 6.07) is 15.6. The minimum absolute atomic E-state index is 0.214. The van der Waals surface area contributed by atoms with Crippen molar-refractivity contribution in [2.45, 2.75) is 20.1 Å². The number of amides is 1. The van der Waals surface area contributed by atoms with Gasteiger partial charge in [-0.15, -0.1) is 0 Å². The minimum atomic E-state index is -0.416. The molecule has 0 bridgehead atoms. The number of ether oxygens (including phenoxy) is 1. The van der Waals surface area contributed by atoms with Gasteiger partial charge in [-0.1, -0.05) is 23.7 Å². The van der Waals surface area contributed by atoms with E-state index in [9.17, 15) is 14.7 Å². The van der Waals surface area contributed by atoms with E-state index in [1.54, 1.807) is 48.0 Å². The fourth-order valence-corrected chi connectivity index (χ4v) is 3.01. The van der Waals surface area contributed by atoms with Gasteiger partial charge in [-0.2, -0.15) is 0 Å². The molecular weight excluding hydrogens is 392 g/mol. The molecule has 29 heavy (non-hydrogen) atoms. The Hall–Kier alpha value is -3.25. The van der Waals surface area contributed by atoms with Crippen LogP contribution in [0, 0.1) is 6.92 Å². The van der Waals surface area contributed by atoms with Gasteiger partial charge in [0.2, 0.25) is 5.43 Å². The lowest BCUT2D eigenvalue weighted by molar-refractivity contribution is 0.0952. The molecule has 1 amide bonds. The Kier molecular flexibility index (Phi) is 6.57. The van der Waals surface area contributed by atoms with Gasteiger partial charge in [0.05, 0.1) is 5.69 Å². The van der Waals surface area contributed by atoms with Gasteiger partial charge < -0.3 is 19.7 Å². The maximum atomic E-state index is 12.3. The highest BCUT2D eigenvalue weighted by atomic mass is 35.5. The van der Waals surface area contributed by atoms with Crippen molar-refractivity contribution < 1.29 is 14.6 Å². The lowest BCUT2D eigenvalue weighted by atomic mass is 10.2. The number of hydrogen-bond acceptors (Lipinski definition) is 4. The van der Waals surface area contributed by atoms with Gasteiger partial charge in [-0.25, -0.2) is 0 Å². The maximum Gasteiger partial charge on any atom is 0.251 e. The highest BCUT2D eigenvalue weighted by Crippen LogP contribution is 2.16. The van der Waals surface area contributed by atoms with E-state index < -0.39 is 5.43 Å². The molecule has 7 heteroatoms. The zero-order valence-corrected chi connectivity index (χ0v) is 16.6. The SMILES string of the molecule is Cc1c(O)c(=O)ccn1CCNC(=O)c1ccc(OCc2cccc(Cl)c2)cc1.